The molecule has 2 saturated heterocycles. The SMILES string of the molecule is CC(=O)OCC1O[C@@H](O[C@H]2C(COC(C)=O)O[C@@H](OC(C)=O)C(OC(C)=O)[C@H]2C)C(OC(C)=O)[C@@H](C)[C@H]1OC(C)=O. The van der Waals surface area contributed by atoms with Crippen LogP contribution in [0.15, 0.2) is 0 Å². The summed E-state index contributed by atoms with van der Waals surface area (Å²) in [6.07, 6.45) is -9.12. The Balaban J connectivity index is 2.48. The predicted octanol–water partition coefficient (Wildman–Crippen LogP) is 0.578. The van der Waals surface area contributed by atoms with Gasteiger partial charge in [-0.15, -0.1) is 0 Å². The van der Waals surface area contributed by atoms with Gasteiger partial charge in [-0.1, -0.05) is 13.8 Å². The molecule has 2 aliphatic rings. The molecule has 232 valence electrons. The number of rotatable bonds is 10. The summed E-state index contributed by atoms with van der Waals surface area (Å²) >= 11 is 0. The normalized spacial score (nSPS) is 33.1. The molecule has 15 heteroatoms. The van der Waals surface area contributed by atoms with E-state index in [0.29, 0.717) is 0 Å². The third-order valence-electron chi connectivity index (χ3n) is 6.34. The Kier molecular flexibility index (Phi) is 12.5. The van der Waals surface area contributed by atoms with Crippen LogP contribution in [0.1, 0.15) is 55.4 Å². The van der Waals surface area contributed by atoms with Gasteiger partial charge in [-0.2, -0.15) is 0 Å². The molecule has 0 saturated carbocycles. The maximum Gasteiger partial charge on any atom is 0.305 e. The second-order valence-corrected chi connectivity index (χ2v) is 9.84. The lowest BCUT2D eigenvalue weighted by molar-refractivity contribution is -0.345. The maximum absolute atomic E-state index is 12.0. The number of esters is 6. The van der Waals surface area contributed by atoms with Crippen molar-refractivity contribution in [3.8, 4) is 0 Å². The molecule has 0 aromatic heterocycles. The lowest BCUT2D eigenvalue weighted by Crippen LogP contribution is -2.62. The highest BCUT2D eigenvalue weighted by molar-refractivity contribution is 5.68. The molecule has 2 fully saturated rings. The highest BCUT2D eigenvalue weighted by Crippen LogP contribution is 2.37. The fourth-order valence-electron chi connectivity index (χ4n) is 4.69. The molecule has 2 heterocycles. The van der Waals surface area contributed by atoms with Crippen LogP contribution in [-0.2, 0) is 71.4 Å². The Bertz CT molecular complexity index is 976. The molecule has 15 nitrogen and oxygen atoms in total. The van der Waals surface area contributed by atoms with Crippen LogP contribution in [0.5, 0.6) is 0 Å². The summed E-state index contributed by atoms with van der Waals surface area (Å²) in [5.41, 5.74) is 0. The number of hydrogen-bond donors (Lipinski definition) is 0. The van der Waals surface area contributed by atoms with Gasteiger partial charge in [0.2, 0.25) is 6.29 Å². The Morgan fingerprint density at radius 2 is 0.854 bits per heavy atom. The first-order chi connectivity index (χ1) is 19.1. The molecule has 0 amide bonds. The highest BCUT2D eigenvalue weighted by atomic mass is 16.8. The molecular formula is C26H38O15. The van der Waals surface area contributed by atoms with Crippen LogP contribution in [0, 0.1) is 11.8 Å². The molecule has 0 radical (unpaired) electrons. The van der Waals surface area contributed by atoms with Gasteiger partial charge in [0.25, 0.3) is 0 Å². The van der Waals surface area contributed by atoms with Gasteiger partial charge >= 0.3 is 35.8 Å². The topological polar surface area (TPSA) is 185 Å². The van der Waals surface area contributed by atoms with Crippen LogP contribution in [0.2, 0.25) is 0 Å². The van der Waals surface area contributed by atoms with Crippen LogP contribution < -0.4 is 0 Å². The summed E-state index contributed by atoms with van der Waals surface area (Å²) < 4.78 is 50.1. The third kappa shape index (κ3) is 9.93. The van der Waals surface area contributed by atoms with Gasteiger partial charge in [-0.05, 0) is 0 Å². The van der Waals surface area contributed by atoms with Crippen LogP contribution >= 0.6 is 0 Å². The Hall–Kier alpha value is -3.30. The summed E-state index contributed by atoms with van der Waals surface area (Å²) in [5, 5.41) is 0. The standard InChI is InChI=1S/C26H38O15/c1-11-21(35-15(5)29)19(9-33-13(3)27)40-26(24(11)37-17(7)31)41-22-12(2)23(36-16(6)30)25(38-18(8)32)39-20(22)10-34-14(4)28/h11-12,19-26H,9-10H2,1-8H3/t11-,12-,19?,20?,21+,22+,23?,24?,25+,26-/m0/s1. The molecule has 2 aliphatic heterocycles. The number of ether oxygens (including phenoxy) is 9. The van der Waals surface area contributed by atoms with E-state index >= 15 is 0 Å². The lowest BCUT2D eigenvalue weighted by Gasteiger charge is -2.48. The first kappa shape index (κ1) is 33.9. The molecule has 0 aliphatic carbocycles. The second-order valence-electron chi connectivity index (χ2n) is 9.84. The molecule has 0 N–H and O–H groups in total. The van der Waals surface area contributed by atoms with Crippen molar-refractivity contribution in [2.75, 3.05) is 13.2 Å². The first-order valence-electron chi connectivity index (χ1n) is 13.0. The summed E-state index contributed by atoms with van der Waals surface area (Å²) in [7, 11) is 0. The summed E-state index contributed by atoms with van der Waals surface area (Å²) in [6.45, 7) is 9.65. The van der Waals surface area contributed by atoms with E-state index in [0.717, 1.165) is 13.8 Å². The molecule has 41 heavy (non-hydrogen) atoms. The van der Waals surface area contributed by atoms with E-state index in [1.807, 2.05) is 0 Å². The Morgan fingerprint density at radius 1 is 0.488 bits per heavy atom. The van der Waals surface area contributed by atoms with E-state index in [-0.39, 0.29) is 13.2 Å². The van der Waals surface area contributed by atoms with Gasteiger partial charge in [-0.3, -0.25) is 28.8 Å². The Labute approximate surface area is 237 Å². The van der Waals surface area contributed by atoms with E-state index in [4.69, 9.17) is 42.6 Å². The zero-order valence-electron chi connectivity index (χ0n) is 24.3. The van der Waals surface area contributed by atoms with Crippen LogP contribution in [0.3, 0.4) is 0 Å². The minimum Gasteiger partial charge on any atom is -0.463 e. The second kappa shape index (κ2) is 15.1. The average molecular weight is 591 g/mol. The zero-order chi connectivity index (χ0) is 31.0. The van der Waals surface area contributed by atoms with Gasteiger partial charge < -0.3 is 42.6 Å². The van der Waals surface area contributed by atoms with Gasteiger partial charge in [-0.25, -0.2) is 0 Å². The fraction of sp³-hybridized carbons (Fsp3) is 0.769. The van der Waals surface area contributed by atoms with Crippen molar-refractivity contribution in [2.24, 2.45) is 11.8 Å². The molecular weight excluding hydrogens is 552 g/mol. The lowest BCUT2D eigenvalue weighted by atomic mass is 9.88. The number of hydrogen-bond acceptors (Lipinski definition) is 15. The van der Waals surface area contributed by atoms with Crippen LogP contribution in [-0.4, -0.2) is 98.2 Å². The van der Waals surface area contributed by atoms with Crippen molar-refractivity contribution in [1.82, 2.24) is 0 Å². The van der Waals surface area contributed by atoms with Crippen LogP contribution in [0.25, 0.3) is 0 Å². The quantitative estimate of drug-likeness (QED) is 0.254. The maximum atomic E-state index is 12.0. The zero-order valence-corrected chi connectivity index (χ0v) is 24.3. The monoisotopic (exact) mass is 590 g/mol. The molecule has 10 atom stereocenters. The average Bonchev–Trinajstić information content (AvgIpc) is 2.83. The van der Waals surface area contributed by atoms with Gasteiger partial charge in [0.15, 0.2) is 18.5 Å². The molecule has 4 unspecified atom stereocenters. The molecule has 0 aromatic carbocycles. The van der Waals surface area contributed by atoms with Crippen molar-refractivity contribution in [1.29, 1.82) is 0 Å². The van der Waals surface area contributed by atoms with E-state index < -0.39 is 96.9 Å². The largest absolute Gasteiger partial charge is 0.463 e. The Morgan fingerprint density at radius 3 is 1.29 bits per heavy atom. The third-order valence-corrected chi connectivity index (χ3v) is 6.34. The van der Waals surface area contributed by atoms with Crippen molar-refractivity contribution >= 4 is 35.8 Å². The smallest absolute Gasteiger partial charge is 0.305 e. The fourth-order valence-corrected chi connectivity index (χ4v) is 4.69. The van der Waals surface area contributed by atoms with Crippen LogP contribution in [0.4, 0.5) is 0 Å². The van der Waals surface area contributed by atoms with E-state index in [9.17, 15) is 28.8 Å². The molecule has 0 bridgehead atoms. The highest BCUT2D eigenvalue weighted by Gasteiger charge is 2.53. The molecule has 0 spiro atoms. The minimum atomic E-state index is -1.35. The summed E-state index contributed by atoms with van der Waals surface area (Å²) in [6, 6.07) is 0. The van der Waals surface area contributed by atoms with Crippen molar-refractivity contribution in [3.05, 3.63) is 0 Å². The van der Waals surface area contributed by atoms with Crippen molar-refractivity contribution in [3.63, 3.8) is 0 Å². The van der Waals surface area contributed by atoms with Gasteiger partial charge in [0, 0.05) is 53.4 Å². The molecule has 2 rings (SSSR count). The van der Waals surface area contributed by atoms with Crippen molar-refractivity contribution < 1.29 is 71.4 Å². The van der Waals surface area contributed by atoms with Crippen molar-refractivity contribution in [2.45, 2.75) is 105 Å². The molecule has 0 aromatic rings. The predicted molar refractivity (Wildman–Crippen MR) is 132 cm³/mol. The minimum absolute atomic E-state index is 0.317. The van der Waals surface area contributed by atoms with E-state index in [1.54, 1.807) is 13.8 Å². The number of carbonyl (C=O) groups excluding carboxylic acids is 6. The van der Waals surface area contributed by atoms with Gasteiger partial charge in [0.1, 0.15) is 31.5 Å². The first-order valence-corrected chi connectivity index (χ1v) is 13.0. The summed E-state index contributed by atoms with van der Waals surface area (Å²) in [4.78, 5) is 70.7. The van der Waals surface area contributed by atoms with E-state index in [1.165, 1.54) is 27.7 Å². The summed E-state index contributed by atoms with van der Waals surface area (Å²) in [5.74, 6) is -5.44. The van der Waals surface area contributed by atoms with E-state index in [2.05, 4.69) is 0 Å². The number of carbonyl (C=O) groups is 6. The van der Waals surface area contributed by atoms with Gasteiger partial charge in [0.05, 0.1) is 6.10 Å².